The molecule has 0 saturated heterocycles. The van der Waals surface area contributed by atoms with E-state index in [1.165, 1.54) is 18.3 Å². The summed E-state index contributed by atoms with van der Waals surface area (Å²) in [4.78, 5) is 15.7. The van der Waals surface area contributed by atoms with Crippen molar-refractivity contribution in [1.82, 2.24) is 9.71 Å². The zero-order valence-electron chi connectivity index (χ0n) is 14.4. The zero-order valence-corrected chi connectivity index (χ0v) is 16.0. The molecule has 0 saturated carbocycles. The molecule has 0 aliphatic carbocycles. The Balaban J connectivity index is 1.81. The van der Waals surface area contributed by atoms with Crippen molar-refractivity contribution in [1.29, 1.82) is 0 Å². The van der Waals surface area contributed by atoms with Gasteiger partial charge in [0.1, 0.15) is 10.7 Å². The van der Waals surface area contributed by atoms with E-state index in [2.05, 4.69) is 15.0 Å². The van der Waals surface area contributed by atoms with Gasteiger partial charge in [0.25, 0.3) is 5.91 Å². The Kier molecular flexibility index (Phi) is 6.03. The van der Waals surface area contributed by atoms with Crippen molar-refractivity contribution in [3.8, 4) is 0 Å². The third-order valence-corrected chi connectivity index (χ3v) is 5.41. The Labute approximate surface area is 166 Å². The quantitative estimate of drug-likeness (QED) is 0.639. The van der Waals surface area contributed by atoms with Crippen molar-refractivity contribution in [2.75, 3.05) is 5.32 Å². The lowest BCUT2D eigenvalue weighted by Gasteiger charge is -2.10. The highest BCUT2D eigenvalue weighted by atomic mass is 35.5. The molecular weight excluding hydrogens is 405 g/mol. The SMILES string of the molecule is O=C(Nc1cccc(Cl)c1)c1ccc(F)c(S(=O)(=O)NCc2cccnc2)c1. The number of hydrogen-bond acceptors (Lipinski definition) is 4. The minimum Gasteiger partial charge on any atom is -0.322 e. The Hall–Kier alpha value is -2.81. The molecule has 3 aromatic rings. The highest BCUT2D eigenvalue weighted by molar-refractivity contribution is 7.89. The second-order valence-corrected chi connectivity index (χ2v) is 7.97. The fourth-order valence-electron chi connectivity index (χ4n) is 2.38. The van der Waals surface area contributed by atoms with Crippen LogP contribution in [0.5, 0.6) is 0 Å². The van der Waals surface area contributed by atoms with Crippen molar-refractivity contribution in [2.45, 2.75) is 11.4 Å². The summed E-state index contributed by atoms with van der Waals surface area (Å²) in [5.41, 5.74) is 1.03. The molecular formula is C19H15ClFN3O3S. The third-order valence-electron chi connectivity index (χ3n) is 3.75. The number of carbonyl (C=O) groups excluding carboxylic acids is 1. The number of sulfonamides is 1. The number of hydrogen-bond donors (Lipinski definition) is 2. The minimum absolute atomic E-state index is 0.0110. The first-order valence-corrected chi connectivity index (χ1v) is 9.96. The Bertz CT molecular complexity index is 1110. The Morgan fingerprint density at radius 2 is 1.93 bits per heavy atom. The van der Waals surface area contributed by atoms with E-state index in [0.29, 0.717) is 16.3 Å². The predicted octanol–water partition coefficient (Wildman–Crippen LogP) is 3.60. The van der Waals surface area contributed by atoms with Crippen LogP contribution in [-0.2, 0) is 16.6 Å². The lowest BCUT2D eigenvalue weighted by molar-refractivity contribution is 0.102. The molecule has 0 aliphatic heterocycles. The van der Waals surface area contributed by atoms with Crippen LogP contribution in [0.4, 0.5) is 10.1 Å². The lowest BCUT2D eigenvalue weighted by atomic mass is 10.2. The van der Waals surface area contributed by atoms with Crippen LogP contribution < -0.4 is 10.0 Å². The lowest BCUT2D eigenvalue weighted by Crippen LogP contribution is -2.25. The van der Waals surface area contributed by atoms with Gasteiger partial charge in [0.05, 0.1) is 0 Å². The van der Waals surface area contributed by atoms with Gasteiger partial charge in [-0.15, -0.1) is 0 Å². The van der Waals surface area contributed by atoms with Crippen molar-refractivity contribution in [3.63, 3.8) is 0 Å². The number of pyridine rings is 1. The first-order valence-electron chi connectivity index (χ1n) is 8.10. The minimum atomic E-state index is -4.18. The molecule has 0 spiro atoms. The molecule has 0 bridgehead atoms. The van der Waals surface area contributed by atoms with Crippen LogP contribution >= 0.6 is 11.6 Å². The molecule has 3 rings (SSSR count). The van der Waals surface area contributed by atoms with E-state index < -0.39 is 26.6 Å². The first-order chi connectivity index (χ1) is 13.3. The highest BCUT2D eigenvalue weighted by Crippen LogP contribution is 2.19. The van der Waals surface area contributed by atoms with Gasteiger partial charge in [-0.2, -0.15) is 0 Å². The van der Waals surface area contributed by atoms with Crippen LogP contribution in [0.3, 0.4) is 0 Å². The predicted molar refractivity (Wildman–Crippen MR) is 104 cm³/mol. The normalized spacial score (nSPS) is 11.2. The Morgan fingerprint density at radius 1 is 1.11 bits per heavy atom. The van der Waals surface area contributed by atoms with Crippen LogP contribution in [0.1, 0.15) is 15.9 Å². The van der Waals surface area contributed by atoms with Crippen molar-refractivity contribution in [2.24, 2.45) is 0 Å². The number of nitrogens with zero attached hydrogens (tertiary/aromatic N) is 1. The number of carbonyl (C=O) groups is 1. The van der Waals surface area contributed by atoms with Crippen LogP contribution in [-0.4, -0.2) is 19.3 Å². The van der Waals surface area contributed by atoms with E-state index in [0.717, 1.165) is 12.1 Å². The van der Waals surface area contributed by atoms with Gasteiger partial charge in [-0.05, 0) is 48.0 Å². The number of benzene rings is 2. The van der Waals surface area contributed by atoms with Gasteiger partial charge in [-0.3, -0.25) is 9.78 Å². The maximum atomic E-state index is 14.2. The molecule has 0 radical (unpaired) electrons. The smallest absolute Gasteiger partial charge is 0.255 e. The molecule has 0 fully saturated rings. The molecule has 9 heteroatoms. The summed E-state index contributed by atoms with van der Waals surface area (Å²) < 4.78 is 41.4. The first kappa shape index (κ1) is 19.9. The van der Waals surface area contributed by atoms with Gasteiger partial charge in [0.2, 0.25) is 10.0 Å². The number of amides is 1. The number of halogens is 2. The van der Waals surface area contributed by atoms with Gasteiger partial charge < -0.3 is 5.32 Å². The van der Waals surface area contributed by atoms with Gasteiger partial charge in [0.15, 0.2) is 0 Å². The van der Waals surface area contributed by atoms with Crippen LogP contribution in [0.2, 0.25) is 5.02 Å². The zero-order chi connectivity index (χ0) is 20.1. The summed E-state index contributed by atoms with van der Waals surface area (Å²) in [5, 5.41) is 3.02. The number of nitrogens with one attached hydrogen (secondary N) is 2. The molecule has 0 unspecified atom stereocenters. The third kappa shape index (κ3) is 4.92. The molecule has 144 valence electrons. The maximum Gasteiger partial charge on any atom is 0.255 e. The van der Waals surface area contributed by atoms with Crippen LogP contribution in [0.15, 0.2) is 71.9 Å². The van der Waals surface area contributed by atoms with Gasteiger partial charge >= 0.3 is 0 Å². The van der Waals surface area contributed by atoms with Gasteiger partial charge in [-0.25, -0.2) is 17.5 Å². The summed E-state index contributed by atoms with van der Waals surface area (Å²) in [6.45, 7) is -0.0610. The van der Waals surface area contributed by atoms with E-state index in [9.17, 15) is 17.6 Å². The topological polar surface area (TPSA) is 88.2 Å². The van der Waals surface area contributed by atoms with Gasteiger partial charge in [-0.1, -0.05) is 23.7 Å². The van der Waals surface area contributed by atoms with Crippen molar-refractivity contribution >= 4 is 33.2 Å². The maximum absolute atomic E-state index is 14.2. The molecule has 2 N–H and O–H groups in total. The van der Waals surface area contributed by atoms with Crippen molar-refractivity contribution < 1.29 is 17.6 Å². The molecule has 0 aliphatic rings. The molecule has 28 heavy (non-hydrogen) atoms. The molecule has 1 amide bonds. The molecule has 1 aromatic heterocycles. The van der Waals surface area contributed by atoms with E-state index in [-0.39, 0.29) is 12.1 Å². The summed E-state index contributed by atoms with van der Waals surface area (Å²) >= 11 is 5.87. The van der Waals surface area contributed by atoms with Crippen LogP contribution in [0.25, 0.3) is 0 Å². The largest absolute Gasteiger partial charge is 0.322 e. The fourth-order valence-corrected chi connectivity index (χ4v) is 3.69. The number of aromatic nitrogens is 1. The second-order valence-electron chi connectivity index (χ2n) is 5.80. The molecule has 0 atom stereocenters. The number of anilines is 1. The van der Waals surface area contributed by atoms with E-state index >= 15 is 0 Å². The van der Waals surface area contributed by atoms with Crippen molar-refractivity contribution in [3.05, 3.63) is 89.0 Å². The second kappa shape index (κ2) is 8.47. The molecule has 1 heterocycles. The summed E-state index contributed by atoms with van der Waals surface area (Å²) in [6, 6.07) is 12.9. The van der Waals surface area contributed by atoms with E-state index in [1.54, 1.807) is 36.5 Å². The Morgan fingerprint density at radius 3 is 2.64 bits per heavy atom. The van der Waals surface area contributed by atoms with E-state index in [1.807, 2.05) is 0 Å². The van der Waals surface area contributed by atoms with Crippen LogP contribution in [0, 0.1) is 5.82 Å². The molecule has 6 nitrogen and oxygen atoms in total. The fraction of sp³-hybridized carbons (Fsp3) is 0.0526. The standard InChI is InChI=1S/C19H15ClFN3O3S/c20-15-4-1-5-16(10-15)24-19(25)14-6-7-17(21)18(9-14)28(26,27)23-12-13-3-2-8-22-11-13/h1-11,23H,12H2,(H,24,25). The highest BCUT2D eigenvalue weighted by Gasteiger charge is 2.21. The summed E-state index contributed by atoms with van der Waals surface area (Å²) in [5.74, 6) is -1.55. The average molecular weight is 420 g/mol. The average Bonchev–Trinajstić information content (AvgIpc) is 2.67. The summed E-state index contributed by atoms with van der Waals surface area (Å²) in [7, 11) is -4.18. The van der Waals surface area contributed by atoms with Gasteiger partial charge in [0, 0.05) is 35.2 Å². The molecule has 2 aromatic carbocycles. The monoisotopic (exact) mass is 419 g/mol. The number of rotatable bonds is 6. The summed E-state index contributed by atoms with van der Waals surface area (Å²) in [6.07, 6.45) is 3.05. The van der Waals surface area contributed by atoms with E-state index in [4.69, 9.17) is 11.6 Å².